The van der Waals surface area contributed by atoms with Crippen LogP contribution in [0.15, 0.2) is 24.3 Å². The van der Waals surface area contributed by atoms with Gasteiger partial charge in [-0.3, -0.25) is 9.48 Å². The van der Waals surface area contributed by atoms with Crippen LogP contribution in [0.5, 0.6) is 0 Å². The molecule has 0 bridgehead atoms. The Morgan fingerprint density at radius 1 is 1.37 bits per heavy atom. The van der Waals surface area contributed by atoms with Gasteiger partial charge < -0.3 is 5.32 Å². The fourth-order valence-electron chi connectivity index (χ4n) is 1.72. The molecule has 0 atom stereocenters. The first-order valence-electron chi connectivity index (χ1n) is 5.82. The van der Waals surface area contributed by atoms with Crippen molar-refractivity contribution >= 4 is 34.8 Å². The zero-order chi connectivity index (χ0) is 14.0. The van der Waals surface area contributed by atoms with E-state index in [0.717, 1.165) is 12.2 Å². The number of rotatable bonds is 3. The van der Waals surface area contributed by atoms with Crippen LogP contribution in [0.4, 0.5) is 5.69 Å². The third-order valence-corrected chi connectivity index (χ3v) is 3.25. The summed E-state index contributed by atoms with van der Waals surface area (Å²) in [6.07, 6.45) is 0. The van der Waals surface area contributed by atoms with Gasteiger partial charge in [0.05, 0.1) is 10.7 Å². The van der Waals surface area contributed by atoms with Crippen molar-refractivity contribution in [3.05, 3.63) is 45.7 Å². The summed E-state index contributed by atoms with van der Waals surface area (Å²) in [5.41, 5.74) is 1.77. The summed E-state index contributed by atoms with van der Waals surface area (Å²) in [4.78, 5) is 12.1. The number of anilines is 1. The van der Waals surface area contributed by atoms with E-state index in [9.17, 15) is 4.79 Å². The van der Waals surface area contributed by atoms with Gasteiger partial charge in [-0.15, -0.1) is 0 Å². The summed E-state index contributed by atoms with van der Waals surface area (Å²) in [7, 11) is 0. The normalized spacial score (nSPS) is 10.5. The van der Waals surface area contributed by atoms with Crippen LogP contribution in [0, 0.1) is 6.92 Å². The summed E-state index contributed by atoms with van der Waals surface area (Å²) in [6, 6.07) is 6.63. The lowest BCUT2D eigenvalue weighted by Crippen LogP contribution is -2.13. The van der Waals surface area contributed by atoms with E-state index in [1.165, 1.54) is 0 Å². The molecule has 1 amide bonds. The highest BCUT2D eigenvalue weighted by Gasteiger charge is 2.13. The van der Waals surface area contributed by atoms with Crippen LogP contribution < -0.4 is 5.32 Å². The first kappa shape index (κ1) is 13.9. The molecule has 0 saturated carbocycles. The van der Waals surface area contributed by atoms with Crippen molar-refractivity contribution in [1.29, 1.82) is 0 Å². The van der Waals surface area contributed by atoms with Gasteiger partial charge in [0.25, 0.3) is 5.91 Å². The predicted molar refractivity (Wildman–Crippen MR) is 77.1 cm³/mol. The molecule has 6 heteroatoms. The summed E-state index contributed by atoms with van der Waals surface area (Å²) < 4.78 is 1.76. The molecule has 0 aliphatic rings. The van der Waals surface area contributed by atoms with Gasteiger partial charge in [0.2, 0.25) is 0 Å². The van der Waals surface area contributed by atoms with Gasteiger partial charge in [0.1, 0.15) is 0 Å². The Bertz CT molecular complexity index is 622. The van der Waals surface area contributed by atoms with Gasteiger partial charge in [0.15, 0.2) is 5.69 Å². The van der Waals surface area contributed by atoms with Crippen molar-refractivity contribution in [3.63, 3.8) is 0 Å². The predicted octanol–water partition coefficient (Wildman–Crippen LogP) is 3.77. The summed E-state index contributed by atoms with van der Waals surface area (Å²) in [6.45, 7) is 4.59. The summed E-state index contributed by atoms with van der Waals surface area (Å²) >= 11 is 11.9. The van der Waals surface area contributed by atoms with Crippen molar-refractivity contribution in [2.24, 2.45) is 0 Å². The SMILES string of the molecule is CCn1nc(C(=O)Nc2cc(Cl)ccc2Cl)cc1C. The molecule has 0 saturated heterocycles. The van der Waals surface area contributed by atoms with Crippen LogP contribution in [0.25, 0.3) is 0 Å². The minimum absolute atomic E-state index is 0.306. The largest absolute Gasteiger partial charge is 0.319 e. The Morgan fingerprint density at radius 3 is 2.74 bits per heavy atom. The minimum atomic E-state index is -0.306. The molecule has 1 aromatic heterocycles. The Kier molecular flexibility index (Phi) is 4.12. The monoisotopic (exact) mass is 297 g/mol. The fraction of sp³-hybridized carbons (Fsp3) is 0.231. The molecule has 4 nitrogen and oxygen atoms in total. The molecule has 1 N–H and O–H groups in total. The Balaban J connectivity index is 2.22. The second-order valence-corrected chi connectivity index (χ2v) is 4.91. The average molecular weight is 298 g/mol. The maximum atomic E-state index is 12.1. The number of nitrogens with zero attached hydrogens (tertiary/aromatic N) is 2. The van der Waals surface area contributed by atoms with Crippen molar-refractivity contribution in [3.8, 4) is 0 Å². The summed E-state index contributed by atoms with van der Waals surface area (Å²) in [5, 5.41) is 7.85. The molecular weight excluding hydrogens is 285 g/mol. The molecule has 0 aliphatic heterocycles. The van der Waals surface area contributed by atoms with Gasteiger partial charge in [0, 0.05) is 17.3 Å². The third kappa shape index (κ3) is 3.08. The zero-order valence-electron chi connectivity index (χ0n) is 10.6. The number of amides is 1. The van der Waals surface area contributed by atoms with Gasteiger partial charge in [-0.1, -0.05) is 23.2 Å². The smallest absolute Gasteiger partial charge is 0.276 e. The van der Waals surface area contributed by atoms with Crippen molar-refractivity contribution < 1.29 is 4.79 Å². The number of carbonyl (C=O) groups excluding carboxylic acids is 1. The van der Waals surface area contributed by atoms with Gasteiger partial charge in [-0.05, 0) is 38.1 Å². The van der Waals surface area contributed by atoms with E-state index in [0.29, 0.717) is 21.4 Å². The molecule has 100 valence electrons. The number of nitrogens with one attached hydrogen (secondary N) is 1. The number of aromatic nitrogens is 2. The zero-order valence-corrected chi connectivity index (χ0v) is 12.1. The number of halogens is 2. The van der Waals surface area contributed by atoms with E-state index in [1.807, 2.05) is 13.8 Å². The molecule has 0 aliphatic carbocycles. The van der Waals surface area contributed by atoms with E-state index >= 15 is 0 Å². The van der Waals surface area contributed by atoms with E-state index in [1.54, 1.807) is 28.9 Å². The van der Waals surface area contributed by atoms with E-state index in [2.05, 4.69) is 10.4 Å². The summed E-state index contributed by atoms with van der Waals surface area (Å²) in [5.74, 6) is -0.306. The second kappa shape index (κ2) is 5.63. The third-order valence-electron chi connectivity index (χ3n) is 2.69. The van der Waals surface area contributed by atoms with Crippen molar-refractivity contribution in [2.45, 2.75) is 20.4 Å². The van der Waals surface area contributed by atoms with Crippen LogP contribution in [0.3, 0.4) is 0 Å². The number of aryl methyl sites for hydroxylation is 2. The maximum absolute atomic E-state index is 12.1. The second-order valence-electron chi connectivity index (χ2n) is 4.07. The number of hydrogen-bond acceptors (Lipinski definition) is 2. The van der Waals surface area contributed by atoms with Crippen LogP contribution in [-0.2, 0) is 6.54 Å². The Hall–Kier alpha value is -1.52. The van der Waals surface area contributed by atoms with Crippen LogP contribution in [0.2, 0.25) is 10.0 Å². The molecule has 2 aromatic rings. The Labute approximate surface area is 121 Å². The minimum Gasteiger partial charge on any atom is -0.319 e. The lowest BCUT2D eigenvalue weighted by Gasteiger charge is -2.05. The lowest BCUT2D eigenvalue weighted by molar-refractivity contribution is 0.102. The topological polar surface area (TPSA) is 46.9 Å². The highest BCUT2D eigenvalue weighted by atomic mass is 35.5. The van der Waals surface area contributed by atoms with Gasteiger partial charge >= 0.3 is 0 Å². The first-order valence-corrected chi connectivity index (χ1v) is 6.57. The Morgan fingerprint density at radius 2 is 2.11 bits per heavy atom. The number of hydrogen-bond donors (Lipinski definition) is 1. The van der Waals surface area contributed by atoms with Crippen molar-refractivity contribution in [2.75, 3.05) is 5.32 Å². The van der Waals surface area contributed by atoms with Gasteiger partial charge in [-0.25, -0.2) is 0 Å². The maximum Gasteiger partial charge on any atom is 0.276 e. The molecule has 0 spiro atoms. The van der Waals surface area contributed by atoms with Crippen LogP contribution >= 0.6 is 23.2 Å². The highest BCUT2D eigenvalue weighted by molar-refractivity contribution is 6.35. The molecule has 0 radical (unpaired) electrons. The fourth-order valence-corrected chi connectivity index (χ4v) is 2.06. The molecule has 1 aromatic carbocycles. The quantitative estimate of drug-likeness (QED) is 0.937. The first-order chi connectivity index (χ1) is 9.01. The molecule has 1 heterocycles. The van der Waals surface area contributed by atoms with Gasteiger partial charge in [-0.2, -0.15) is 5.10 Å². The molecule has 19 heavy (non-hydrogen) atoms. The number of benzene rings is 1. The lowest BCUT2D eigenvalue weighted by atomic mass is 10.3. The molecular formula is C13H13Cl2N3O. The van der Waals surface area contributed by atoms with E-state index < -0.39 is 0 Å². The van der Waals surface area contributed by atoms with E-state index in [-0.39, 0.29) is 5.91 Å². The van der Waals surface area contributed by atoms with E-state index in [4.69, 9.17) is 23.2 Å². The average Bonchev–Trinajstić information content (AvgIpc) is 2.75. The standard InChI is InChI=1S/C13H13Cl2N3O/c1-3-18-8(2)6-12(17-18)13(19)16-11-7-9(14)4-5-10(11)15/h4-7H,3H2,1-2H3,(H,16,19). The molecule has 0 unspecified atom stereocenters. The highest BCUT2D eigenvalue weighted by Crippen LogP contribution is 2.25. The molecule has 2 rings (SSSR count). The number of carbonyl (C=O) groups is 1. The van der Waals surface area contributed by atoms with Crippen LogP contribution in [0.1, 0.15) is 23.1 Å². The molecule has 0 fully saturated rings. The van der Waals surface area contributed by atoms with Crippen molar-refractivity contribution in [1.82, 2.24) is 9.78 Å². The van der Waals surface area contributed by atoms with Crippen LogP contribution in [-0.4, -0.2) is 15.7 Å².